The van der Waals surface area contributed by atoms with Gasteiger partial charge in [0.05, 0.1) is 21.0 Å². The van der Waals surface area contributed by atoms with Crippen LogP contribution in [0, 0.1) is 0 Å². The number of halogens is 4. The molecule has 1 saturated carbocycles. The van der Waals surface area contributed by atoms with Crippen LogP contribution in [0.5, 0.6) is 0 Å². The van der Waals surface area contributed by atoms with E-state index < -0.39 is 0 Å². The Kier molecular flexibility index (Phi) is 3.25. The van der Waals surface area contributed by atoms with Gasteiger partial charge in [0.2, 0.25) is 0 Å². The van der Waals surface area contributed by atoms with Crippen molar-refractivity contribution < 1.29 is 0 Å². The third-order valence-electron chi connectivity index (χ3n) is 2.07. The summed E-state index contributed by atoms with van der Waals surface area (Å²) in [7, 11) is 0. The van der Waals surface area contributed by atoms with Gasteiger partial charge in [-0.05, 0) is 19.8 Å². The third kappa shape index (κ3) is 2.30. The predicted molar refractivity (Wildman–Crippen MR) is 52.4 cm³/mol. The topological polar surface area (TPSA) is 0 Å². The number of rotatable bonds is 0. The molecule has 0 bridgehead atoms. The van der Waals surface area contributed by atoms with E-state index in [9.17, 15) is 0 Å². The molecule has 1 aliphatic rings. The monoisotopic (exact) mass is 234 g/mol. The second-order valence-electron chi connectivity index (χ2n) is 3.22. The largest absolute Gasteiger partial charge is 0.121 e. The van der Waals surface area contributed by atoms with Gasteiger partial charge in [-0.25, -0.2) is 0 Å². The second-order valence-corrected chi connectivity index (χ2v) is 5.73. The van der Waals surface area contributed by atoms with E-state index in [0.717, 1.165) is 0 Å². The Labute approximate surface area is 87.1 Å². The van der Waals surface area contributed by atoms with Crippen molar-refractivity contribution in [3.8, 4) is 0 Å². The van der Waals surface area contributed by atoms with E-state index in [4.69, 9.17) is 46.4 Å². The van der Waals surface area contributed by atoms with E-state index in [1.807, 2.05) is 6.92 Å². The first-order valence-electron chi connectivity index (χ1n) is 3.54. The zero-order valence-electron chi connectivity index (χ0n) is 6.16. The molecule has 0 nitrogen and oxygen atoms in total. The summed E-state index contributed by atoms with van der Waals surface area (Å²) < 4.78 is 0. The zero-order chi connectivity index (χ0) is 8.65. The molecule has 66 valence electrons. The highest BCUT2D eigenvalue weighted by Crippen LogP contribution is 2.41. The Morgan fingerprint density at radius 3 is 2.18 bits per heavy atom. The number of alkyl halides is 4. The highest BCUT2D eigenvalue weighted by Gasteiger charge is 2.41. The van der Waals surface area contributed by atoms with Crippen LogP contribution in [0.25, 0.3) is 0 Å². The lowest BCUT2D eigenvalue weighted by Crippen LogP contribution is -2.42. The summed E-state index contributed by atoms with van der Waals surface area (Å²) in [5, 5.41) is -0.151. The lowest BCUT2D eigenvalue weighted by atomic mass is 9.89. The standard InChI is InChI=1S/C7H10Cl4/c1-7(11)3-5(9)4(8)2-6(7)10/h4-6H,2-3H2,1H3/t4-,5-,6-,7-/m0/s1. The molecule has 0 N–H and O–H groups in total. The maximum Gasteiger partial charge on any atom is 0.0596 e. The molecular formula is C7H10Cl4. The smallest absolute Gasteiger partial charge is 0.0596 e. The van der Waals surface area contributed by atoms with Crippen LogP contribution in [-0.4, -0.2) is 21.0 Å². The molecule has 0 aromatic rings. The molecule has 4 atom stereocenters. The first-order chi connectivity index (χ1) is 4.93. The first kappa shape index (κ1) is 10.2. The third-order valence-corrected chi connectivity index (χ3v) is 4.33. The molecule has 0 aromatic heterocycles. The molecule has 0 radical (unpaired) electrons. The van der Waals surface area contributed by atoms with Gasteiger partial charge in [0.1, 0.15) is 0 Å². The molecule has 0 unspecified atom stereocenters. The lowest BCUT2D eigenvalue weighted by molar-refractivity contribution is 0.432. The van der Waals surface area contributed by atoms with Gasteiger partial charge in [0.15, 0.2) is 0 Å². The van der Waals surface area contributed by atoms with Crippen molar-refractivity contribution in [1.29, 1.82) is 0 Å². The van der Waals surface area contributed by atoms with Crippen molar-refractivity contribution >= 4 is 46.4 Å². The zero-order valence-corrected chi connectivity index (χ0v) is 9.18. The number of hydrogen-bond donors (Lipinski definition) is 0. The summed E-state index contributed by atoms with van der Waals surface area (Å²) in [6.45, 7) is 1.91. The van der Waals surface area contributed by atoms with Gasteiger partial charge in [0.25, 0.3) is 0 Å². The van der Waals surface area contributed by atoms with Crippen molar-refractivity contribution in [2.45, 2.75) is 40.8 Å². The van der Waals surface area contributed by atoms with Gasteiger partial charge in [-0.1, -0.05) is 0 Å². The SMILES string of the molecule is C[C@]1(Cl)C[C@H](Cl)[C@@H](Cl)C[C@@H]1Cl. The molecule has 0 aliphatic heterocycles. The van der Waals surface area contributed by atoms with Gasteiger partial charge in [0, 0.05) is 0 Å². The second kappa shape index (κ2) is 3.49. The van der Waals surface area contributed by atoms with Crippen LogP contribution in [0.1, 0.15) is 19.8 Å². The van der Waals surface area contributed by atoms with E-state index >= 15 is 0 Å². The lowest BCUT2D eigenvalue weighted by Gasteiger charge is -2.37. The van der Waals surface area contributed by atoms with Crippen molar-refractivity contribution in [1.82, 2.24) is 0 Å². The molecular weight excluding hydrogens is 226 g/mol. The van der Waals surface area contributed by atoms with Gasteiger partial charge >= 0.3 is 0 Å². The Hall–Kier alpha value is 1.16. The fraction of sp³-hybridized carbons (Fsp3) is 1.00. The van der Waals surface area contributed by atoms with E-state index in [1.54, 1.807) is 0 Å². The predicted octanol–water partition coefficient (Wildman–Crippen LogP) is 3.60. The van der Waals surface area contributed by atoms with Crippen LogP contribution in [0.4, 0.5) is 0 Å². The van der Waals surface area contributed by atoms with Crippen LogP contribution < -0.4 is 0 Å². The highest BCUT2D eigenvalue weighted by molar-refractivity contribution is 6.35. The summed E-state index contributed by atoms with van der Waals surface area (Å²) in [4.78, 5) is -0.390. The molecule has 0 spiro atoms. The average Bonchev–Trinajstić information content (AvgIpc) is 1.83. The van der Waals surface area contributed by atoms with Crippen molar-refractivity contribution in [3.05, 3.63) is 0 Å². The Bertz CT molecular complexity index is 145. The van der Waals surface area contributed by atoms with Crippen LogP contribution in [0.3, 0.4) is 0 Å². The van der Waals surface area contributed by atoms with Crippen LogP contribution in [-0.2, 0) is 0 Å². The van der Waals surface area contributed by atoms with Crippen LogP contribution in [0.15, 0.2) is 0 Å². The summed E-state index contributed by atoms with van der Waals surface area (Å²) >= 11 is 24.0. The van der Waals surface area contributed by atoms with Gasteiger partial charge in [-0.2, -0.15) is 0 Å². The highest BCUT2D eigenvalue weighted by atomic mass is 35.5. The van der Waals surface area contributed by atoms with Gasteiger partial charge < -0.3 is 0 Å². The van der Waals surface area contributed by atoms with Crippen LogP contribution >= 0.6 is 46.4 Å². The van der Waals surface area contributed by atoms with E-state index in [1.165, 1.54) is 0 Å². The van der Waals surface area contributed by atoms with Crippen molar-refractivity contribution in [2.75, 3.05) is 0 Å². The molecule has 0 amide bonds. The fourth-order valence-corrected chi connectivity index (χ4v) is 2.63. The van der Waals surface area contributed by atoms with Crippen molar-refractivity contribution in [2.24, 2.45) is 0 Å². The summed E-state index contributed by atoms with van der Waals surface area (Å²) in [5.41, 5.74) is 0. The molecule has 11 heavy (non-hydrogen) atoms. The minimum absolute atomic E-state index is 0.0361. The Balaban J connectivity index is 2.63. The summed E-state index contributed by atoms with van der Waals surface area (Å²) in [6.07, 6.45) is 1.37. The Morgan fingerprint density at radius 1 is 1.18 bits per heavy atom. The fourth-order valence-electron chi connectivity index (χ4n) is 1.23. The maximum atomic E-state index is 6.11. The number of hydrogen-bond acceptors (Lipinski definition) is 0. The molecule has 1 fully saturated rings. The quantitative estimate of drug-likeness (QED) is 0.563. The minimum atomic E-state index is -0.390. The average molecular weight is 236 g/mol. The Morgan fingerprint density at radius 2 is 1.73 bits per heavy atom. The summed E-state index contributed by atoms with van der Waals surface area (Å²) in [6, 6.07) is 0. The molecule has 4 heteroatoms. The molecule has 0 aromatic carbocycles. The summed E-state index contributed by atoms with van der Waals surface area (Å²) in [5.74, 6) is 0. The molecule has 1 rings (SSSR count). The van der Waals surface area contributed by atoms with E-state index in [0.29, 0.717) is 12.8 Å². The van der Waals surface area contributed by atoms with E-state index in [2.05, 4.69) is 0 Å². The van der Waals surface area contributed by atoms with Gasteiger partial charge in [-0.3, -0.25) is 0 Å². The van der Waals surface area contributed by atoms with Gasteiger partial charge in [-0.15, -0.1) is 46.4 Å². The maximum absolute atomic E-state index is 6.11. The molecule has 0 heterocycles. The van der Waals surface area contributed by atoms with Crippen LogP contribution in [0.2, 0.25) is 0 Å². The normalized spacial score (nSPS) is 52.6. The molecule has 1 aliphatic carbocycles. The first-order valence-corrected chi connectivity index (χ1v) is 5.23. The minimum Gasteiger partial charge on any atom is -0.121 e. The van der Waals surface area contributed by atoms with E-state index in [-0.39, 0.29) is 21.0 Å². The molecule has 0 saturated heterocycles. The van der Waals surface area contributed by atoms with Crippen molar-refractivity contribution in [3.63, 3.8) is 0 Å².